The highest BCUT2D eigenvalue weighted by Gasteiger charge is 2.38. The summed E-state index contributed by atoms with van der Waals surface area (Å²) in [6, 6.07) is 5.45. The number of benzene rings is 1. The lowest BCUT2D eigenvalue weighted by molar-refractivity contribution is -0.135. The molecule has 0 atom stereocenters. The molecule has 2 fully saturated rings. The third kappa shape index (κ3) is 6.03. The maximum Gasteiger partial charge on any atom is 0.253 e. The van der Waals surface area contributed by atoms with E-state index in [1.807, 2.05) is 37.8 Å². The molecule has 2 heterocycles. The zero-order chi connectivity index (χ0) is 26.7. The maximum absolute atomic E-state index is 13.2. The first-order valence-electron chi connectivity index (χ1n) is 13.5. The summed E-state index contributed by atoms with van der Waals surface area (Å²) in [5, 5.41) is 7.11. The van der Waals surface area contributed by atoms with E-state index in [0.29, 0.717) is 22.1 Å². The minimum atomic E-state index is -0.270. The van der Waals surface area contributed by atoms with Crippen molar-refractivity contribution in [2.24, 2.45) is 5.92 Å². The molecule has 2 aliphatic rings. The van der Waals surface area contributed by atoms with Crippen LogP contribution < -0.4 is 16.2 Å². The highest BCUT2D eigenvalue weighted by atomic mass is 35.5. The van der Waals surface area contributed by atoms with Crippen LogP contribution in [-0.4, -0.2) is 40.3 Å². The van der Waals surface area contributed by atoms with Crippen LogP contribution in [0.3, 0.4) is 0 Å². The van der Waals surface area contributed by atoms with Gasteiger partial charge in [-0.3, -0.25) is 14.4 Å². The molecular weight excluding hydrogens is 488 g/mol. The van der Waals surface area contributed by atoms with E-state index in [2.05, 4.69) is 22.5 Å². The number of halogens is 1. The van der Waals surface area contributed by atoms with Gasteiger partial charge in [-0.15, -0.1) is 0 Å². The van der Waals surface area contributed by atoms with Gasteiger partial charge in [0, 0.05) is 58.6 Å². The SMILES string of the molecule is CC[C@]1(Nc2cc(Cl)cc(C(=O)NCc3c(C)cc(C)[nH]c3=O)c2C)CC[C@H](C(=O)N2CCCC2)CC1. The molecule has 7 nitrogen and oxygen atoms in total. The molecule has 1 saturated carbocycles. The van der Waals surface area contributed by atoms with Crippen LogP contribution in [0.25, 0.3) is 0 Å². The standard InChI is InChI=1S/C29H39ClN4O3/c1-5-29(10-8-21(9-11-29)28(37)34-12-6-7-13-34)33-25-16-22(30)15-23(20(25)4)26(35)31-17-24-18(2)14-19(3)32-27(24)36/h14-16,21,33H,5-13,17H2,1-4H3,(H,31,35)(H,32,36)/t21-,29-. The number of carbonyl (C=O) groups excluding carboxylic acids is 2. The highest BCUT2D eigenvalue weighted by molar-refractivity contribution is 6.31. The van der Waals surface area contributed by atoms with Gasteiger partial charge in [-0.1, -0.05) is 18.5 Å². The Balaban J connectivity index is 1.47. The van der Waals surface area contributed by atoms with Crippen LogP contribution in [0.4, 0.5) is 5.69 Å². The monoisotopic (exact) mass is 526 g/mol. The van der Waals surface area contributed by atoms with E-state index in [9.17, 15) is 14.4 Å². The van der Waals surface area contributed by atoms with Gasteiger partial charge in [-0.05, 0) is 95.0 Å². The smallest absolute Gasteiger partial charge is 0.253 e. The molecule has 4 rings (SSSR count). The normalized spacial score (nSPS) is 21.6. The number of carbonyl (C=O) groups is 2. The first kappa shape index (κ1) is 27.2. The van der Waals surface area contributed by atoms with Gasteiger partial charge in [0.2, 0.25) is 5.91 Å². The van der Waals surface area contributed by atoms with E-state index in [1.165, 1.54) is 0 Å². The average Bonchev–Trinajstić information content (AvgIpc) is 3.40. The lowest BCUT2D eigenvalue weighted by Gasteiger charge is -2.42. The average molecular weight is 527 g/mol. The number of likely N-dealkylation sites (tertiary alicyclic amines) is 1. The molecule has 1 aliphatic carbocycles. The number of H-pyrrole nitrogens is 1. The van der Waals surface area contributed by atoms with E-state index < -0.39 is 0 Å². The lowest BCUT2D eigenvalue weighted by atomic mass is 9.74. The number of aromatic nitrogens is 1. The van der Waals surface area contributed by atoms with Crippen molar-refractivity contribution in [1.82, 2.24) is 15.2 Å². The second-order valence-corrected chi connectivity index (χ2v) is 11.3. The third-order valence-corrected chi connectivity index (χ3v) is 8.54. The number of aromatic amines is 1. The van der Waals surface area contributed by atoms with E-state index >= 15 is 0 Å². The second-order valence-electron chi connectivity index (χ2n) is 10.8. The summed E-state index contributed by atoms with van der Waals surface area (Å²) in [7, 11) is 0. The number of rotatable bonds is 7. The number of nitrogens with one attached hydrogen (secondary N) is 3. The molecule has 8 heteroatoms. The minimum absolute atomic E-state index is 0.106. The summed E-state index contributed by atoms with van der Waals surface area (Å²) in [6.45, 7) is 9.73. The number of amides is 2. The molecule has 0 bridgehead atoms. The summed E-state index contributed by atoms with van der Waals surface area (Å²) in [6.07, 6.45) is 6.68. The fourth-order valence-corrected chi connectivity index (χ4v) is 6.09. The molecule has 0 spiro atoms. The topological polar surface area (TPSA) is 94.3 Å². The van der Waals surface area contributed by atoms with Crippen LogP contribution in [0.1, 0.15) is 84.6 Å². The summed E-state index contributed by atoms with van der Waals surface area (Å²) in [5.74, 6) is 0.158. The number of hydrogen-bond acceptors (Lipinski definition) is 4. The van der Waals surface area contributed by atoms with Crippen LogP contribution in [0.2, 0.25) is 5.02 Å². The van der Waals surface area contributed by atoms with Crippen LogP contribution in [0.5, 0.6) is 0 Å². The van der Waals surface area contributed by atoms with Gasteiger partial charge in [0.25, 0.3) is 11.5 Å². The number of hydrogen-bond donors (Lipinski definition) is 3. The summed E-state index contributed by atoms with van der Waals surface area (Å²) in [5.41, 5.74) is 3.99. The van der Waals surface area contributed by atoms with Crippen molar-refractivity contribution in [2.45, 2.75) is 84.7 Å². The fourth-order valence-electron chi connectivity index (χ4n) is 5.88. The van der Waals surface area contributed by atoms with Crippen molar-refractivity contribution in [1.29, 1.82) is 0 Å². The summed E-state index contributed by atoms with van der Waals surface area (Å²) >= 11 is 6.47. The molecule has 2 aromatic rings. The first-order chi connectivity index (χ1) is 17.6. The zero-order valence-electron chi connectivity index (χ0n) is 22.4. The Labute approximate surface area is 224 Å². The van der Waals surface area contributed by atoms with E-state index in [-0.39, 0.29) is 29.5 Å². The van der Waals surface area contributed by atoms with Crippen molar-refractivity contribution in [2.75, 3.05) is 18.4 Å². The van der Waals surface area contributed by atoms with Crippen molar-refractivity contribution in [3.8, 4) is 0 Å². The van der Waals surface area contributed by atoms with Crippen molar-refractivity contribution in [3.05, 3.63) is 61.5 Å². The van der Waals surface area contributed by atoms with Gasteiger partial charge >= 0.3 is 0 Å². The van der Waals surface area contributed by atoms with Crippen molar-refractivity contribution >= 4 is 29.1 Å². The van der Waals surface area contributed by atoms with Crippen LogP contribution in [-0.2, 0) is 11.3 Å². The van der Waals surface area contributed by atoms with Gasteiger partial charge in [0.1, 0.15) is 0 Å². The van der Waals surface area contributed by atoms with Crippen LogP contribution in [0.15, 0.2) is 23.0 Å². The second kappa shape index (κ2) is 11.3. The largest absolute Gasteiger partial charge is 0.379 e. The maximum atomic E-state index is 13.2. The molecule has 1 aliphatic heterocycles. The van der Waals surface area contributed by atoms with Gasteiger partial charge in [-0.25, -0.2) is 0 Å². The summed E-state index contributed by atoms with van der Waals surface area (Å²) in [4.78, 5) is 43.3. The quantitative estimate of drug-likeness (QED) is 0.459. The Morgan fingerprint density at radius 3 is 2.41 bits per heavy atom. The van der Waals surface area contributed by atoms with Gasteiger partial charge in [0.15, 0.2) is 0 Å². The predicted octanol–water partition coefficient (Wildman–Crippen LogP) is 5.26. The van der Waals surface area contributed by atoms with E-state index in [4.69, 9.17) is 11.6 Å². The Kier molecular flexibility index (Phi) is 8.32. The number of aryl methyl sites for hydroxylation is 2. The number of pyridine rings is 1. The van der Waals surface area contributed by atoms with Crippen molar-refractivity contribution < 1.29 is 9.59 Å². The Morgan fingerprint density at radius 1 is 1.11 bits per heavy atom. The highest BCUT2D eigenvalue weighted by Crippen LogP contribution is 2.39. The Morgan fingerprint density at radius 2 is 1.78 bits per heavy atom. The third-order valence-electron chi connectivity index (χ3n) is 8.32. The molecule has 0 unspecified atom stereocenters. The molecule has 1 aromatic heterocycles. The van der Waals surface area contributed by atoms with E-state index in [1.54, 1.807) is 6.07 Å². The Bertz CT molecular complexity index is 1220. The van der Waals surface area contributed by atoms with Gasteiger partial charge < -0.3 is 20.5 Å². The van der Waals surface area contributed by atoms with Gasteiger partial charge in [0.05, 0.1) is 0 Å². The molecule has 2 amide bonds. The lowest BCUT2D eigenvalue weighted by Crippen LogP contribution is -2.45. The van der Waals surface area contributed by atoms with Crippen molar-refractivity contribution in [3.63, 3.8) is 0 Å². The van der Waals surface area contributed by atoms with Gasteiger partial charge in [-0.2, -0.15) is 0 Å². The van der Waals surface area contributed by atoms with Crippen LogP contribution in [0, 0.1) is 26.7 Å². The van der Waals surface area contributed by atoms with E-state index in [0.717, 1.165) is 80.5 Å². The summed E-state index contributed by atoms with van der Waals surface area (Å²) < 4.78 is 0. The molecule has 1 aromatic carbocycles. The minimum Gasteiger partial charge on any atom is -0.379 e. The predicted molar refractivity (Wildman–Crippen MR) is 148 cm³/mol. The number of anilines is 1. The first-order valence-corrected chi connectivity index (χ1v) is 13.8. The Hall–Kier alpha value is -2.80. The molecule has 37 heavy (non-hydrogen) atoms. The molecule has 0 radical (unpaired) electrons. The number of nitrogens with zero attached hydrogens (tertiary/aromatic N) is 1. The molecule has 1 saturated heterocycles. The fraction of sp³-hybridized carbons (Fsp3) is 0.552. The molecule has 3 N–H and O–H groups in total. The molecular formula is C29H39ClN4O3. The molecule has 200 valence electrons. The zero-order valence-corrected chi connectivity index (χ0v) is 23.2. The van der Waals surface area contributed by atoms with Crippen LogP contribution >= 0.6 is 11.6 Å².